The highest BCUT2D eigenvalue weighted by atomic mass is 32.1. The summed E-state index contributed by atoms with van der Waals surface area (Å²) in [5, 5.41) is 21.2. The van der Waals surface area contributed by atoms with Crippen molar-refractivity contribution in [2.24, 2.45) is 0 Å². The van der Waals surface area contributed by atoms with E-state index in [0.717, 1.165) is 41.9 Å². The number of nitrogens with zero attached hydrogens (tertiary/aromatic N) is 2. The Labute approximate surface area is 175 Å². The third-order valence-corrected chi connectivity index (χ3v) is 5.72. The Morgan fingerprint density at radius 1 is 1.07 bits per heavy atom. The fraction of sp³-hybridized carbons (Fsp3) is 0.238. The van der Waals surface area contributed by atoms with E-state index in [9.17, 15) is 19.1 Å². The van der Waals surface area contributed by atoms with Gasteiger partial charge >= 0.3 is 11.9 Å². The summed E-state index contributed by atoms with van der Waals surface area (Å²) < 4.78 is 13.5. The number of aliphatic carboxylic acids is 2. The van der Waals surface area contributed by atoms with Gasteiger partial charge in [-0.05, 0) is 48.6 Å². The van der Waals surface area contributed by atoms with Crippen LogP contribution in [0.15, 0.2) is 30.3 Å². The summed E-state index contributed by atoms with van der Waals surface area (Å²) in [4.78, 5) is 32.1. The molecule has 4 rings (SSSR count). The number of carboxylic acids is 2. The highest BCUT2D eigenvalue weighted by Crippen LogP contribution is 2.34. The minimum absolute atomic E-state index is 0.191. The van der Waals surface area contributed by atoms with Crippen molar-refractivity contribution in [2.45, 2.75) is 32.1 Å². The highest BCUT2D eigenvalue weighted by molar-refractivity contribution is 7.13. The predicted octanol–water partition coefficient (Wildman–Crippen LogP) is 3.83. The van der Waals surface area contributed by atoms with E-state index >= 15 is 0 Å². The van der Waals surface area contributed by atoms with Crippen LogP contribution in [0, 0.1) is 5.13 Å². The normalized spacial score (nSPS) is 12.6. The van der Waals surface area contributed by atoms with Gasteiger partial charge in [-0.25, -0.2) is 9.97 Å². The minimum atomic E-state index is -1.02. The second-order valence-corrected chi connectivity index (χ2v) is 8.07. The maximum absolute atomic E-state index is 13.5. The minimum Gasteiger partial charge on any atom is -0.481 e. The second-order valence-electron chi connectivity index (χ2n) is 7.04. The van der Waals surface area contributed by atoms with Crippen molar-refractivity contribution in [1.82, 2.24) is 9.97 Å². The number of aryl methyl sites for hydroxylation is 1. The molecule has 9 heteroatoms. The Balaban J connectivity index is 1.74. The molecule has 2 heterocycles. The van der Waals surface area contributed by atoms with E-state index in [4.69, 9.17) is 5.11 Å². The Kier molecular flexibility index (Phi) is 5.45. The van der Waals surface area contributed by atoms with Crippen LogP contribution in [0.5, 0.6) is 0 Å². The quantitative estimate of drug-likeness (QED) is 0.525. The SMILES string of the molecule is O=C(O)Cc1ccc(Nc2nc(-c3ccc(F)s3)nc3c2CCC3)c(CC(=O)O)c1. The lowest BCUT2D eigenvalue weighted by Gasteiger charge is -2.15. The maximum Gasteiger partial charge on any atom is 0.307 e. The molecule has 0 unspecified atom stereocenters. The first-order valence-electron chi connectivity index (χ1n) is 9.37. The number of benzene rings is 1. The first-order valence-corrected chi connectivity index (χ1v) is 10.2. The van der Waals surface area contributed by atoms with Crippen LogP contribution in [0.4, 0.5) is 15.9 Å². The summed E-state index contributed by atoms with van der Waals surface area (Å²) in [6.45, 7) is 0. The standard InChI is InChI=1S/C21H18FN3O4S/c22-17-7-6-16(30-17)21-24-15-3-1-2-13(15)20(25-21)23-14-5-4-11(9-18(26)27)8-12(14)10-19(28)29/h4-8H,1-3,9-10H2,(H,26,27)(H,28,29)(H,23,24,25). The molecule has 0 aliphatic heterocycles. The van der Waals surface area contributed by atoms with Gasteiger partial charge in [-0.2, -0.15) is 4.39 Å². The third-order valence-electron chi connectivity index (χ3n) is 4.85. The average Bonchev–Trinajstić information content (AvgIpc) is 3.31. The number of anilines is 2. The molecule has 0 saturated heterocycles. The van der Waals surface area contributed by atoms with E-state index in [1.165, 1.54) is 6.07 Å². The Morgan fingerprint density at radius 2 is 1.87 bits per heavy atom. The van der Waals surface area contributed by atoms with Gasteiger partial charge in [0.2, 0.25) is 0 Å². The molecule has 1 aliphatic carbocycles. The molecule has 2 aromatic heterocycles. The molecule has 0 fully saturated rings. The maximum atomic E-state index is 13.5. The van der Waals surface area contributed by atoms with Crippen LogP contribution in [0.2, 0.25) is 0 Å². The van der Waals surface area contributed by atoms with Crippen molar-refractivity contribution in [3.05, 3.63) is 57.8 Å². The molecule has 0 amide bonds. The molecule has 30 heavy (non-hydrogen) atoms. The predicted molar refractivity (Wildman–Crippen MR) is 110 cm³/mol. The van der Waals surface area contributed by atoms with Gasteiger partial charge in [0, 0.05) is 16.9 Å². The number of aromatic nitrogens is 2. The lowest BCUT2D eigenvalue weighted by Crippen LogP contribution is -2.09. The van der Waals surface area contributed by atoms with Gasteiger partial charge in [-0.1, -0.05) is 12.1 Å². The van der Waals surface area contributed by atoms with E-state index in [1.807, 2.05) is 0 Å². The first-order chi connectivity index (χ1) is 14.4. The lowest BCUT2D eigenvalue weighted by molar-refractivity contribution is -0.137. The van der Waals surface area contributed by atoms with Crippen LogP contribution in [0.25, 0.3) is 10.7 Å². The summed E-state index contributed by atoms with van der Waals surface area (Å²) in [7, 11) is 0. The van der Waals surface area contributed by atoms with Gasteiger partial charge in [-0.3, -0.25) is 9.59 Å². The third kappa shape index (κ3) is 4.30. The number of thiophene rings is 1. The van der Waals surface area contributed by atoms with Gasteiger partial charge in [0.05, 0.1) is 17.7 Å². The van der Waals surface area contributed by atoms with Crippen LogP contribution < -0.4 is 5.32 Å². The van der Waals surface area contributed by atoms with Gasteiger partial charge in [0.15, 0.2) is 11.0 Å². The zero-order valence-corrected chi connectivity index (χ0v) is 16.6. The highest BCUT2D eigenvalue weighted by Gasteiger charge is 2.22. The molecule has 0 atom stereocenters. The molecule has 7 nitrogen and oxygen atoms in total. The topological polar surface area (TPSA) is 112 Å². The zero-order chi connectivity index (χ0) is 21.3. The van der Waals surface area contributed by atoms with Crippen molar-refractivity contribution >= 4 is 34.8 Å². The monoisotopic (exact) mass is 427 g/mol. The van der Waals surface area contributed by atoms with Gasteiger partial charge in [-0.15, -0.1) is 11.3 Å². The number of carboxylic acid groups (broad SMARTS) is 2. The largest absolute Gasteiger partial charge is 0.481 e. The van der Waals surface area contributed by atoms with E-state index < -0.39 is 11.9 Å². The molecule has 0 bridgehead atoms. The Bertz CT molecular complexity index is 1150. The van der Waals surface area contributed by atoms with Crippen molar-refractivity contribution in [1.29, 1.82) is 0 Å². The summed E-state index contributed by atoms with van der Waals surface area (Å²) in [5.41, 5.74) is 3.40. The summed E-state index contributed by atoms with van der Waals surface area (Å²) in [5.74, 6) is -1.01. The smallest absolute Gasteiger partial charge is 0.307 e. The summed E-state index contributed by atoms with van der Waals surface area (Å²) in [6, 6.07) is 7.91. The number of hydrogen-bond donors (Lipinski definition) is 3. The molecule has 3 N–H and O–H groups in total. The number of fused-ring (bicyclic) bond motifs is 1. The Morgan fingerprint density at radius 3 is 2.57 bits per heavy atom. The van der Waals surface area contributed by atoms with E-state index in [-0.39, 0.29) is 18.0 Å². The van der Waals surface area contributed by atoms with E-state index in [0.29, 0.717) is 33.3 Å². The van der Waals surface area contributed by atoms with Crippen LogP contribution in [0.1, 0.15) is 28.8 Å². The van der Waals surface area contributed by atoms with Crippen molar-refractivity contribution in [2.75, 3.05) is 5.32 Å². The van der Waals surface area contributed by atoms with Crippen LogP contribution in [-0.2, 0) is 35.3 Å². The molecule has 1 aliphatic rings. The molecule has 154 valence electrons. The fourth-order valence-electron chi connectivity index (χ4n) is 3.57. The molecule has 3 aromatic rings. The van der Waals surface area contributed by atoms with Gasteiger partial charge < -0.3 is 15.5 Å². The van der Waals surface area contributed by atoms with Crippen molar-refractivity contribution in [3.8, 4) is 10.7 Å². The fourth-order valence-corrected chi connectivity index (χ4v) is 4.24. The summed E-state index contributed by atoms with van der Waals surface area (Å²) in [6.07, 6.45) is 2.07. The summed E-state index contributed by atoms with van der Waals surface area (Å²) >= 11 is 0.968. The second kappa shape index (κ2) is 8.19. The molecule has 0 saturated carbocycles. The Hall–Kier alpha value is -3.33. The first kappa shape index (κ1) is 20.0. The van der Waals surface area contributed by atoms with Gasteiger partial charge in [0.25, 0.3) is 0 Å². The lowest BCUT2D eigenvalue weighted by atomic mass is 10.0. The number of rotatable bonds is 7. The molecular formula is C21H18FN3O4S. The van der Waals surface area contributed by atoms with Gasteiger partial charge in [0.1, 0.15) is 5.82 Å². The van der Waals surface area contributed by atoms with Crippen LogP contribution >= 0.6 is 11.3 Å². The van der Waals surface area contributed by atoms with Crippen LogP contribution in [0.3, 0.4) is 0 Å². The molecule has 1 aromatic carbocycles. The van der Waals surface area contributed by atoms with E-state index in [1.54, 1.807) is 24.3 Å². The van der Waals surface area contributed by atoms with Crippen LogP contribution in [-0.4, -0.2) is 32.1 Å². The van der Waals surface area contributed by atoms with Crippen molar-refractivity contribution < 1.29 is 24.2 Å². The van der Waals surface area contributed by atoms with E-state index in [2.05, 4.69) is 15.3 Å². The number of hydrogen-bond acceptors (Lipinski definition) is 6. The number of halogens is 1. The number of nitrogens with one attached hydrogen (secondary N) is 1. The molecular weight excluding hydrogens is 409 g/mol. The van der Waals surface area contributed by atoms with Crippen molar-refractivity contribution in [3.63, 3.8) is 0 Å². The zero-order valence-electron chi connectivity index (χ0n) is 15.8. The number of carbonyl (C=O) groups is 2. The molecule has 0 radical (unpaired) electrons. The molecule has 0 spiro atoms. The average molecular weight is 427 g/mol.